The lowest BCUT2D eigenvalue weighted by Crippen LogP contribution is -2.34. The van der Waals surface area contributed by atoms with Crippen LogP contribution in [0.4, 0.5) is 5.69 Å². The zero-order valence-electron chi connectivity index (χ0n) is 20.7. The normalized spacial score (nSPS) is 11.6. The smallest absolute Gasteiger partial charge is 0.226 e. The van der Waals surface area contributed by atoms with E-state index in [1.165, 1.54) is 0 Å². The monoisotopic (exact) mass is 479 g/mol. The quantitative estimate of drug-likeness (QED) is 0.364. The van der Waals surface area contributed by atoms with E-state index >= 15 is 0 Å². The van der Waals surface area contributed by atoms with Crippen LogP contribution in [0.25, 0.3) is 10.9 Å². The molecule has 0 aliphatic carbocycles. The summed E-state index contributed by atoms with van der Waals surface area (Å²) in [5.41, 5.74) is 4.81. The predicted molar refractivity (Wildman–Crippen MR) is 143 cm³/mol. The highest BCUT2D eigenvalue weighted by Crippen LogP contribution is 2.32. The molecule has 1 heterocycles. The zero-order valence-corrected chi connectivity index (χ0v) is 20.7. The Bertz CT molecular complexity index is 1430. The van der Waals surface area contributed by atoms with Gasteiger partial charge in [0.15, 0.2) is 5.88 Å². The van der Waals surface area contributed by atoms with E-state index < -0.39 is 0 Å². The predicted octanol–water partition coefficient (Wildman–Crippen LogP) is 4.48. The molecule has 0 atom stereocenters. The third-order valence-corrected chi connectivity index (χ3v) is 6.03. The van der Waals surface area contributed by atoms with Crippen LogP contribution in [0.15, 0.2) is 77.8 Å². The van der Waals surface area contributed by atoms with E-state index in [-0.39, 0.29) is 11.8 Å². The van der Waals surface area contributed by atoms with E-state index in [1.54, 1.807) is 17.0 Å². The number of benzene rings is 3. The number of H-pyrrole nitrogens is 1. The van der Waals surface area contributed by atoms with Gasteiger partial charge in [-0.1, -0.05) is 48.5 Å². The van der Waals surface area contributed by atoms with E-state index in [4.69, 9.17) is 4.99 Å². The van der Waals surface area contributed by atoms with Crippen molar-refractivity contribution in [3.05, 3.63) is 95.1 Å². The molecule has 2 N–H and O–H groups in total. The molecular weight excluding hydrogens is 450 g/mol. The molecule has 0 saturated carbocycles. The van der Waals surface area contributed by atoms with Crippen molar-refractivity contribution in [3.63, 3.8) is 0 Å². The Kier molecular flexibility index (Phi) is 7.47. The van der Waals surface area contributed by atoms with Crippen LogP contribution in [-0.4, -0.2) is 65.7 Å². The minimum absolute atomic E-state index is 0.00864. The molecule has 1 amide bonds. The number of fused-ring (bicyclic) bond motifs is 1. The molecule has 0 aliphatic rings. The Balaban J connectivity index is 1.66. The molecule has 4 aromatic rings. The number of nitriles is 1. The van der Waals surface area contributed by atoms with Gasteiger partial charge in [-0.2, -0.15) is 5.26 Å². The van der Waals surface area contributed by atoms with Crippen LogP contribution >= 0.6 is 0 Å². The topological polar surface area (TPSA) is 95.7 Å². The van der Waals surface area contributed by atoms with E-state index in [0.29, 0.717) is 41.0 Å². The van der Waals surface area contributed by atoms with Crippen molar-refractivity contribution in [2.75, 3.05) is 34.2 Å². The Labute approximate surface area is 210 Å². The number of carbonyl (C=O) groups excluding carboxylic acids is 1. The van der Waals surface area contributed by atoms with E-state index in [2.05, 4.69) is 16.0 Å². The molecule has 0 aliphatic heterocycles. The lowest BCUT2D eigenvalue weighted by molar-refractivity contribution is -0.129. The standard InChI is InChI=1S/C29H29N5O2/c1-33(2)15-16-34(3)26(35)18-20-9-12-23(13-10-20)31-28(22-7-5-4-6-8-22)27-24-14-11-21(19-30)17-25(24)32-29(27)36/h4-14,17,32,36H,15-16,18H2,1-3H3. The first-order chi connectivity index (χ1) is 17.4. The van der Waals surface area contributed by atoms with E-state index in [9.17, 15) is 15.2 Å². The van der Waals surface area contributed by atoms with Gasteiger partial charge in [-0.3, -0.25) is 4.79 Å². The van der Waals surface area contributed by atoms with E-state index in [0.717, 1.165) is 23.1 Å². The van der Waals surface area contributed by atoms with Crippen LogP contribution < -0.4 is 0 Å². The van der Waals surface area contributed by atoms with Crippen molar-refractivity contribution in [2.24, 2.45) is 4.99 Å². The average Bonchev–Trinajstić information content (AvgIpc) is 3.21. The van der Waals surface area contributed by atoms with Crippen LogP contribution in [0.5, 0.6) is 5.88 Å². The molecule has 0 unspecified atom stereocenters. The van der Waals surface area contributed by atoms with Crippen molar-refractivity contribution in [1.82, 2.24) is 14.8 Å². The number of carbonyl (C=O) groups is 1. The van der Waals surface area contributed by atoms with Gasteiger partial charge in [-0.25, -0.2) is 4.99 Å². The van der Waals surface area contributed by atoms with Gasteiger partial charge in [0.25, 0.3) is 0 Å². The third-order valence-electron chi connectivity index (χ3n) is 6.03. The lowest BCUT2D eigenvalue weighted by atomic mass is 10.00. The molecule has 0 saturated heterocycles. The van der Waals surface area contributed by atoms with Crippen molar-refractivity contribution in [3.8, 4) is 11.9 Å². The molecule has 4 rings (SSSR count). The second-order valence-corrected chi connectivity index (χ2v) is 9.01. The van der Waals surface area contributed by atoms with E-state index in [1.807, 2.05) is 81.8 Å². The number of likely N-dealkylation sites (N-methyl/N-ethyl adjacent to an activating group) is 2. The number of amides is 1. The number of nitrogens with zero attached hydrogens (tertiary/aromatic N) is 4. The SMILES string of the molecule is CN(C)CCN(C)C(=O)Cc1ccc(N=C(c2ccccc2)c2c(O)[nH]c3cc(C#N)ccc23)cc1. The minimum Gasteiger partial charge on any atom is -0.494 e. The van der Waals surface area contributed by atoms with Gasteiger partial charge in [-0.15, -0.1) is 0 Å². The van der Waals surface area contributed by atoms with Crippen molar-refractivity contribution >= 4 is 28.2 Å². The summed E-state index contributed by atoms with van der Waals surface area (Å²) >= 11 is 0. The van der Waals surface area contributed by atoms with Gasteiger partial charge in [0, 0.05) is 31.1 Å². The first kappa shape index (κ1) is 24.7. The van der Waals surface area contributed by atoms with Gasteiger partial charge in [-0.05, 0) is 43.9 Å². The number of aromatic nitrogens is 1. The second kappa shape index (κ2) is 10.9. The van der Waals surface area contributed by atoms with Crippen LogP contribution in [0, 0.1) is 11.3 Å². The Morgan fingerprint density at radius 2 is 1.72 bits per heavy atom. The first-order valence-electron chi connectivity index (χ1n) is 11.7. The van der Waals surface area contributed by atoms with Gasteiger partial charge in [0.2, 0.25) is 5.91 Å². The maximum absolute atomic E-state index is 12.6. The Morgan fingerprint density at radius 1 is 1.00 bits per heavy atom. The third kappa shape index (κ3) is 5.62. The van der Waals surface area contributed by atoms with Gasteiger partial charge < -0.3 is 19.9 Å². The minimum atomic E-state index is -0.00864. The molecule has 3 aromatic carbocycles. The largest absolute Gasteiger partial charge is 0.494 e. The highest BCUT2D eigenvalue weighted by molar-refractivity contribution is 6.21. The molecule has 0 spiro atoms. The molecule has 7 heteroatoms. The molecular formula is C29H29N5O2. The maximum atomic E-state index is 12.6. The number of aromatic hydroxyl groups is 1. The molecule has 182 valence electrons. The molecule has 1 aromatic heterocycles. The van der Waals surface area contributed by atoms with Crippen LogP contribution in [-0.2, 0) is 11.2 Å². The summed E-state index contributed by atoms with van der Waals surface area (Å²) in [7, 11) is 5.80. The molecule has 0 bridgehead atoms. The summed E-state index contributed by atoms with van der Waals surface area (Å²) in [5, 5.41) is 20.8. The maximum Gasteiger partial charge on any atom is 0.226 e. The molecule has 0 radical (unpaired) electrons. The molecule has 0 fully saturated rings. The van der Waals surface area contributed by atoms with Crippen molar-refractivity contribution < 1.29 is 9.90 Å². The Hall–Kier alpha value is -4.41. The van der Waals surface area contributed by atoms with Crippen molar-refractivity contribution in [2.45, 2.75) is 6.42 Å². The molecule has 36 heavy (non-hydrogen) atoms. The number of nitrogens with one attached hydrogen (secondary N) is 1. The van der Waals surface area contributed by atoms with Crippen LogP contribution in [0.2, 0.25) is 0 Å². The summed E-state index contributed by atoms with van der Waals surface area (Å²) in [6, 6.07) is 24.6. The highest BCUT2D eigenvalue weighted by atomic mass is 16.3. The van der Waals surface area contributed by atoms with Gasteiger partial charge in [0.1, 0.15) is 0 Å². The number of rotatable bonds is 8. The van der Waals surface area contributed by atoms with Gasteiger partial charge >= 0.3 is 0 Å². The fraction of sp³-hybridized carbons (Fsp3) is 0.207. The number of hydrogen-bond donors (Lipinski definition) is 2. The fourth-order valence-corrected chi connectivity index (χ4v) is 3.96. The first-order valence-corrected chi connectivity index (χ1v) is 11.7. The fourth-order valence-electron chi connectivity index (χ4n) is 3.96. The van der Waals surface area contributed by atoms with Crippen LogP contribution in [0.1, 0.15) is 22.3 Å². The molecule has 7 nitrogen and oxygen atoms in total. The van der Waals surface area contributed by atoms with Crippen LogP contribution in [0.3, 0.4) is 0 Å². The summed E-state index contributed by atoms with van der Waals surface area (Å²) in [5.74, 6) is 0.0594. The number of aliphatic imine (C=N–C) groups is 1. The second-order valence-electron chi connectivity index (χ2n) is 9.01. The highest BCUT2D eigenvalue weighted by Gasteiger charge is 2.19. The average molecular weight is 480 g/mol. The van der Waals surface area contributed by atoms with Gasteiger partial charge in [0.05, 0.1) is 40.5 Å². The summed E-state index contributed by atoms with van der Waals surface area (Å²) in [4.78, 5) is 24.2. The summed E-state index contributed by atoms with van der Waals surface area (Å²) < 4.78 is 0. The van der Waals surface area contributed by atoms with Crippen molar-refractivity contribution in [1.29, 1.82) is 5.26 Å². The lowest BCUT2D eigenvalue weighted by Gasteiger charge is -2.19. The zero-order chi connectivity index (χ0) is 25.7. The summed E-state index contributed by atoms with van der Waals surface area (Å²) in [6.07, 6.45) is 0.323. The number of aromatic amines is 1. The summed E-state index contributed by atoms with van der Waals surface area (Å²) in [6.45, 7) is 1.50. The number of hydrogen-bond acceptors (Lipinski definition) is 5. The Morgan fingerprint density at radius 3 is 2.39 bits per heavy atom.